The molecular weight excluding hydrogens is 260 g/mol. The van der Waals surface area contributed by atoms with Crippen molar-refractivity contribution in [2.75, 3.05) is 25.4 Å². The molecule has 1 unspecified atom stereocenters. The summed E-state index contributed by atoms with van der Waals surface area (Å²) in [6.45, 7) is 12.7. The minimum Gasteiger partial charge on any atom is -0.311 e. The van der Waals surface area contributed by atoms with Crippen LogP contribution in [0.15, 0.2) is 0 Å². The average Bonchev–Trinajstić information content (AvgIpc) is 2.37. The maximum absolute atomic E-state index is 12.0. The van der Waals surface area contributed by atoms with Crippen LogP contribution in [0.2, 0.25) is 0 Å². The van der Waals surface area contributed by atoms with Crippen LogP contribution >= 0.6 is 0 Å². The molecular formula is C14H30N2O2S. The van der Waals surface area contributed by atoms with Crippen molar-refractivity contribution in [3.8, 4) is 0 Å². The monoisotopic (exact) mass is 290 g/mol. The summed E-state index contributed by atoms with van der Waals surface area (Å²) in [6.07, 6.45) is 2.12. The van der Waals surface area contributed by atoms with Gasteiger partial charge in [-0.15, -0.1) is 0 Å². The molecule has 0 amide bonds. The van der Waals surface area contributed by atoms with Gasteiger partial charge in [0.05, 0.1) is 11.0 Å². The van der Waals surface area contributed by atoms with Crippen LogP contribution in [0, 0.1) is 0 Å². The zero-order valence-corrected chi connectivity index (χ0v) is 13.9. The lowest BCUT2D eigenvalue weighted by Crippen LogP contribution is -2.64. The number of nitrogens with one attached hydrogen (secondary N) is 1. The Balaban J connectivity index is 2.77. The summed E-state index contributed by atoms with van der Waals surface area (Å²) in [5.41, 5.74) is 0.124. The minimum absolute atomic E-state index is 0.124. The van der Waals surface area contributed by atoms with Gasteiger partial charge in [-0.3, -0.25) is 4.90 Å². The highest BCUT2D eigenvalue weighted by Gasteiger charge is 2.38. The van der Waals surface area contributed by atoms with Gasteiger partial charge in [0.2, 0.25) is 0 Å². The molecule has 0 aliphatic carbocycles. The van der Waals surface area contributed by atoms with Crippen LogP contribution in [0.3, 0.4) is 0 Å². The Kier molecular flexibility index (Phi) is 5.83. The van der Waals surface area contributed by atoms with E-state index in [0.717, 1.165) is 25.9 Å². The van der Waals surface area contributed by atoms with Gasteiger partial charge in [0.1, 0.15) is 0 Å². The van der Waals surface area contributed by atoms with Gasteiger partial charge in [-0.25, -0.2) is 8.42 Å². The van der Waals surface area contributed by atoms with Gasteiger partial charge in [-0.1, -0.05) is 13.8 Å². The molecule has 4 nitrogen and oxygen atoms in total. The van der Waals surface area contributed by atoms with Crippen molar-refractivity contribution in [2.24, 2.45) is 0 Å². The van der Waals surface area contributed by atoms with Crippen LogP contribution in [-0.4, -0.2) is 55.5 Å². The SMILES string of the molecule is CCC1(CC)CNC(C)CN1CCS(=O)(=O)C(C)C. The van der Waals surface area contributed by atoms with Crippen LogP contribution in [-0.2, 0) is 9.84 Å². The third-order valence-corrected chi connectivity index (χ3v) is 6.81. The van der Waals surface area contributed by atoms with Gasteiger partial charge in [-0.05, 0) is 33.6 Å². The van der Waals surface area contributed by atoms with Crippen molar-refractivity contribution in [3.05, 3.63) is 0 Å². The first kappa shape index (κ1) is 16.9. The summed E-state index contributed by atoms with van der Waals surface area (Å²) >= 11 is 0. The first-order valence-electron chi connectivity index (χ1n) is 7.47. The molecule has 19 heavy (non-hydrogen) atoms. The smallest absolute Gasteiger partial charge is 0.153 e. The largest absolute Gasteiger partial charge is 0.311 e. The Morgan fingerprint density at radius 1 is 1.32 bits per heavy atom. The van der Waals surface area contributed by atoms with Gasteiger partial charge in [0, 0.05) is 31.2 Å². The second-order valence-electron chi connectivity index (χ2n) is 6.08. The average molecular weight is 290 g/mol. The Morgan fingerprint density at radius 3 is 2.37 bits per heavy atom. The van der Waals surface area contributed by atoms with Crippen molar-refractivity contribution in [3.63, 3.8) is 0 Å². The molecule has 1 aliphatic heterocycles. The molecule has 0 radical (unpaired) electrons. The fraction of sp³-hybridized carbons (Fsp3) is 1.00. The zero-order valence-electron chi connectivity index (χ0n) is 13.1. The third kappa shape index (κ3) is 3.92. The van der Waals surface area contributed by atoms with Gasteiger partial charge in [0.25, 0.3) is 0 Å². The third-order valence-electron chi connectivity index (χ3n) is 4.62. The Hall–Kier alpha value is -0.130. The van der Waals surface area contributed by atoms with Crippen LogP contribution in [0.5, 0.6) is 0 Å². The number of rotatable bonds is 6. The zero-order chi connectivity index (χ0) is 14.7. The topological polar surface area (TPSA) is 49.4 Å². The molecule has 1 aliphatic rings. The second kappa shape index (κ2) is 6.55. The molecule has 1 fully saturated rings. The predicted molar refractivity (Wildman–Crippen MR) is 81.3 cm³/mol. The quantitative estimate of drug-likeness (QED) is 0.808. The van der Waals surface area contributed by atoms with Crippen molar-refractivity contribution in [2.45, 2.75) is 64.3 Å². The van der Waals surface area contributed by atoms with E-state index in [-0.39, 0.29) is 16.5 Å². The number of nitrogens with zero attached hydrogens (tertiary/aromatic N) is 1. The van der Waals surface area contributed by atoms with Crippen LogP contribution < -0.4 is 5.32 Å². The van der Waals surface area contributed by atoms with Crippen molar-refractivity contribution < 1.29 is 8.42 Å². The molecule has 1 heterocycles. The first-order valence-corrected chi connectivity index (χ1v) is 9.19. The second-order valence-corrected chi connectivity index (χ2v) is 8.75. The van der Waals surface area contributed by atoms with Crippen molar-refractivity contribution in [1.29, 1.82) is 0 Å². The van der Waals surface area contributed by atoms with E-state index in [1.807, 2.05) is 0 Å². The summed E-state index contributed by atoms with van der Waals surface area (Å²) in [4.78, 5) is 2.40. The minimum atomic E-state index is -2.94. The molecule has 0 bridgehead atoms. The van der Waals surface area contributed by atoms with E-state index in [9.17, 15) is 8.42 Å². The van der Waals surface area contributed by atoms with Crippen LogP contribution in [0.25, 0.3) is 0 Å². The van der Waals surface area contributed by atoms with Gasteiger partial charge in [-0.2, -0.15) is 0 Å². The summed E-state index contributed by atoms with van der Waals surface area (Å²) in [6, 6.07) is 0.438. The fourth-order valence-electron chi connectivity index (χ4n) is 2.81. The highest BCUT2D eigenvalue weighted by molar-refractivity contribution is 7.92. The highest BCUT2D eigenvalue weighted by Crippen LogP contribution is 2.26. The molecule has 114 valence electrons. The maximum Gasteiger partial charge on any atom is 0.153 e. The molecule has 0 aromatic carbocycles. The standard InChI is InChI=1S/C14H30N2O2S/c1-6-14(7-2)11-15-13(5)10-16(14)8-9-19(17,18)12(3)4/h12-13,15H,6-11H2,1-5H3. The van der Waals surface area contributed by atoms with Crippen LogP contribution in [0.4, 0.5) is 0 Å². The van der Waals surface area contributed by atoms with Gasteiger partial charge >= 0.3 is 0 Å². The Bertz CT molecular complexity index is 375. The molecule has 5 heteroatoms. The molecule has 1 N–H and O–H groups in total. The van der Waals surface area contributed by atoms with Gasteiger partial charge < -0.3 is 5.32 Å². The van der Waals surface area contributed by atoms with E-state index in [4.69, 9.17) is 0 Å². The number of hydrogen-bond donors (Lipinski definition) is 1. The van der Waals surface area contributed by atoms with E-state index in [1.165, 1.54) is 0 Å². The summed E-state index contributed by atoms with van der Waals surface area (Å²) in [7, 11) is -2.94. The molecule has 0 saturated carbocycles. The molecule has 1 rings (SSSR count). The Morgan fingerprint density at radius 2 is 1.89 bits per heavy atom. The molecule has 0 aromatic rings. The number of piperazine rings is 1. The molecule has 0 aromatic heterocycles. The molecule has 0 spiro atoms. The van der Waals surface area contributed by atoms with Gasteiger partial charge in [0.15, 0.2) is 9.84 Å². The van der Waals surface area contributed by atoms with Crippen molar-refractivity contribution in [1.82, 2.24) is 10.2 Å². The first-order chi connectivity index (χ1) is 8.77. The summed E-state index contributed by atoms with van der Waals surface area (Å²) in [5, 5.41) is 3.26. The van der Waals surface area contributed by atoms with Crippen LogP contribution in [0.1, 0.15) is 47.5 Å². The highest BCUT2D eigenvalue weighted by atomic mass is 32.2. The fourth-order valence-corrected chi connectivity index (χ4v) is 3.76. The van der Waals surface area contributed by atoms with E-state index >= 15 is 0 Å². The summed E-state index contributed by atoms with van der Waals surface area (Å²) < 4.78 is 24.0. The normalized spacial score (nSPS) is 24.8. The van der Waals surface area contributed by atoms with E-state index in [1.54, 1.807) is 13.8 Å². The van der Waals surface area contributed by atoms with E-state index in [0.29, 0.717) is 12.6 Å². The van der Waals surface area contributed by atoms with E-state index < -0.39 is 9.84 Å². The lowest BCUT2D eigenvalue weighted by atomic mass is 9.87. The number of sulfone groups is 1. The molecule has 1 saturated heterocycles. The Labute approximate surface area is 118 Å². The lowest BCUT2D eigenvalue weighted by Gasteiger charge is -2.49. The predicted octanol–water partition coefficient (Wildman–Crippen LogP) is 1.66. The maximum atomic E-state index is 12.0. The summed E-state index contributed by atoms with van der Waals surface area (Å²) in [5.74, 6) is 0.277. The van der Waals surface area contributed by atoms with E-state index in [2.05, 4.69) is 31.0 Å². The lowest BCUT2D eigenvalue weighted by molar-refractivity contribution is 0.0407. The number of hydrogen-bond acceptors (Lipinski definition) is 4. The molecule has 1 atom stereocenters. The van der Waals surface area contributed by atoms with Crippen molar-refractivity contribution >= 4 is 9.84 Å².